The van der Waals surface area contributed by atoms with Crippen molar-refractivity contribution in [3.05, 3.63) is 59.9 Å². The molecule has 0 spiro atoms. The molecule has 0 saturated heterocycles. The Morgan fingerprint density at radius 1 is 0.935 bits per heavy atom. The van der Waals surface area contributed by atoms with Gasteiger partial charge in [-0.25, -0.2) is 4.79 Å². The van der Waals surface area contributed by atoms with Crippen LogP contribution in [0, 0.1) is 0 Å². The van der Waals surface area contributed by atoms with E-state index in [2.05, 4.69) is 20.6 Å². The smallest absolute Gasteiger partial charge is 0.338 e. The first-order chi connectivity index (χ1) is 15.1. The van der Waals surface area contributed by atoms with E-state index < -0.39 is 5.97 Å². The zero-order chi connectivity index (χ0) is 21.6. The van der Waals surface area contributed by atoms with Gasteiger partial charge in [-0.3, -0.25) is 14.8 Å². The molecule has 160 valence electrons. The van der Waals surface area contributed by atoms with Crippen LogP contribution in [0.25, 0.3) is 11.0 Å². The first-order valence-corrected chi connectivity index (χ1v) is 10.7. The minimum atomic E-state index is -0.414. The number of nitrogens with zero attached hydrogens (tertiary/aromatic N) is 2. The Labute approximate surface area is 181 Å². The van der Waals surface area contributed by atoms with Crippen molar-refractivity contribution in [1.82, 2.24) is 9.97 Å². The molecule has 31 heavy (non-hydrogen) atoms. The first kappa shape index (κ1) is 20.8. The van der Waals surface area contributed by atoms with Crippen LogP contribution in [0.15, 0.2) is 48.8 Å². The van der Waals surface area contributed by atoms with E-state index in [0.29, 0.717) is 35.0 Å². The lowest BCUT2D eigenvalue weighted by molar-refractivity contribution is 0.0526. The quantitative estimate of drug-likeness (QED) is 0.559. The lowest BCUT2D eigenvalue weighted by atomic mass is 9.95. The zero-order valence-electron chi connectivity index (χ0n) is 17.6. The summed E-state index contributed by atoms with van der Waals surface area (Å²) in [5, 5.41) is 6.51. The van der Waals surface area contributed by atoms with E-state index in [-0.39, 0.29) is 5.91 Å². The van der Waals surface area contributed by atoms with Gasteiger partial charge in [-0.2, -0.15) is 0 Å². The second-order valence-corrected chi connectivity index (χ2v) is 7.67. The van der Waals surface area contributed by atoms with Gasteiger partial charge in [0.1, 0.15) is 0 Å². The summed E-state index contributed by atoms with van der Waals surface area (Å²) in [7, 11) is 0. The fourth-order valence-corrected chi connectivity index (χ4v) is 3.88. The van der Waals surface area contributed by atoms with E-state index in [4.69, 9.17) is 4.74 Å². The molecule has 4 rings (SSSR count). The van der Waals surface area contributed by atoms with Crippen LogP contribution in [0.2, 0.25) is 0 Å². The van der Waals surface area contributed by atoms with Crippen LogP contribution in [-0.4, -0.2) is 34.5 Å². The summed E-state index contributed by atoms with van der Waals surface area (Å²) >= 11 is 0. The summed E-state index contributed by atoms with van der Waals surface area (Å²) in [6.45, 7) is 2.06. The molecule has 1 amide bonds. The number of carbonyl (C=O) groups excluding carboxylic acids is 2. The number of benzene rings is 2. The molecule has 1 aliphatic rings. The van der Waals surface area contributed by atoms with Gasteiger partial charge in [-0.1, -0.05) is 19.3 Å². The van der Waals surface area contributed by atoms with Gasteiger partial charge in [-0.05, 0) is 56.2 Å². The number of hydrogen-bond donors (Lipinski definition) is 2. The lowest BCUT2D eigenvalue weighted by Gasteiger charge is -2.25. The van der Waals surface area contributed by atoms with Crippen LogP contribution in [0.1, 0.15) is 59.7 Å². The monoisotopic (exact) mass is 418 g/mol. The van der Waals surface area contributed by atoms with Gasteiger partial charge in [0.15, 0.2) is 0 Å². The van der Waals surface area contributed by atoms with Gasteiger partial charge >= 0.3 is 5.97 Å². The molecular weight excluding hydrogens is 392 g/mol. The van der Waals surface area contributed by atoms with Crippen LogP contribution in [0.4, 0.5) is 11.4 Å². The van der Waals surface area contributed by atoms with Crippen LogP contribution in [-0.2, 0) is 4.74 Å². The molecule has 0 bridgehead atoms. The fraction of sp³-hybridized carbons (Fsp3) is 0.333. The summed E-state index contributed by atoms with van der Waals surface area (Å²) in [4.78, 5) is 33.7. The third kappa shape index (κ3) is 4.99. The largest absolute Gasteiger partial charge is 0.462 e. The SMILES string of the molecule is CCOC(=O)c1ccc(NC2CCCCC2)c(NC(=O)c2ccc3nccnc3c2)c1. The van der Waals surface area contributed by atoms with E-state index in [9.17, 15) is 9.59 Å². The minimum absolute atomic E-state index is 0.278. The predicted octanol–water partition coefficient (Wildman–Crippen LogP) is 4.80. The number of rotatable bonds is 6. The van der Waals surface area contributed by atoms with E-state index in [1.165, 1.54) is 19.3 Å². The topological polar surface area (TPSA) is 93.2 Å². The molecule has 2 aromatic carbocycles. The Bertz CT molecular complexity index is 1090. The highest BCUT2D eigenvalue weighted by molar-refractivity contribution is 6.08. The van der Waals surface area contributed by atoms with Crippen LogP contribution in [0.3, 0.4) is 0 Å². The highest BCUT2D eigenvalue weighted by Gasteiger charge is 2.18. The number of aromatic nitrogens is 2. The third-order valence-corrected chi connectivity index (χ3v) is 5.48. The van der Waals surface area contributed by atoms with Crippen molar-refractivity contribution in [1.29, 1.82) is 0 Å². The van der Waals surface area contributed by atoms with Crippen LogP contribution in [0.5, 0.6) is 0 Å². The van der Waals surface area contributed by atoms with Crippen molar-refractivity contribution in [3.8, 4) is 0 Å². The molecular formula is C24H26N4O3. The Balaban J connectivity index is 1.61. The van der Waals surface area contributed by atoms with Crippen molar-refractivity contribution in [2.75, 3.05) is 17.2 Å². The highest BCUT2D eigenvalue weighted by Crippen LogP contribution is 2.29. The summed E-state index contributed by atoms with van der Waals surface area (Å²) in [6, 6.07) is 10.8. The minimum Gasteiger partial charge on any atom is -0.462 e. The van der Waals surface area contributed by atoms with Gasteiger partial charge < -0.3 is 15.4 Å². The van der Waals surface area contributed by atoms with Crippen LogP contribution < -0.4 is 10.6 Å². The number of hydrogen-bond acceptors (Lipinski definition) is 6. The normalized spacial score (nSPS) is 14.2. The Kier molecular flexibility index (Phi) is 6.40. The van der Waals surface area contributed by atoms with E-state index >= 15 is 0 Å². The number of esters is 1. The number of ether oxygens (including phenoxy) is 1. The van der Waals surface area contributed by atoms with Gasteiger partial charge in [-0.15, -0.1) is 0 Å². The van der Waals surface area contributed by atoms with Gasteiger partial charge in [0.05, 0.1) is 34.6 Å². The number of nitrogens with one attached hydrogen (secondary N) is 2. The van der Waals surface area contributed by atoms with Crippen molar-refractivity contribution < 1.29 is 14.3 Å². The van der Waals surface area contributed by atoms with Crippen LogP contribution >= 0.6 is 0 Å². The predicted molar refractivity (Wildman–Crippen MR) is 120 cm³/mol. The molecule has 0 aliphatic heterocycles. The van der Waals surface area contributed by atoms with Gasteiger partial charge in [0.2, 0.25) is 0 Å². The number of carbonyl (C=O) groups is 2. The van der Waals surface area contributed by atoms with Crippen molar-refractivity contribution >= 4 is 34.3 Å². The summed E-state index contributed by atoms with van der Waals surface area (Å²) in [5.41, 5.74) is 3.60. The maximum atomic E-state index is 13.0. The number of anilines is 2. The molecule has 1 fully saturated rings. The Morgan fingerprint density at radius 3 is 2.45 bits per heavy atom. The Hall–Kier alpha value is -3.48. The molecule has 7 nitrogen and oxygen atoms in total. The second kappa shape index (κ2) is 9.55. The third-order valence-electron chi connectivity index (χ3n) is 5.48. The van der Waals surface area contributed by atoms with E-state index in [0.717, 1.165) is 24.0 Å². The summed E-state index contributed by atoms with van der Waals surface area (Å²) in [6.07, 6.45) is 9.04. The van der Waals surface area contributed by atoms with Gasteiger partial charge in [0, 0.05) is 24.0 Å². The molecule has 1 saturated carbocycles. The molecule has 3 aromatic rings. The maximum absolute atomic E-state index is 13.0. The fourth-order valence-electron chi connectivity index (χ4n) is 3.88. The molecule has 1 heterocycles. The summed E-state index contributed by atoms with van der Waals surface area (Å²) in [5.74, 6) is -0.691. The lowest BCUT2D eigenvalue weighted by Crippen LogP contribution is -2.23. The van der Waals surface area contributed by atoms with E-state index in [1.807, 2.05) is 6.07 Å². The average molecular weight is 418 g/mol. The molecule has 7 heteroatoms. The highest BCUT2D eigenvalue weighted by atomic mass is 16.5. The summed E-state index contributed by atoms with van der Waals surface area (Å²) < 4.78 is 5.12. The molecule has 1 aliphatic carbocycles. The zero-order valence-corrected chi connectivity index (χ0v) is 17.6. The molecule has 1 aromatic heterocycles. The molecule has 0 unspecified atom stereocenters. The van der Waals surface area contributed by atoms with Crippen molar-refractivity contribution in [3.63, 3.8) is 0 Å². The molecule has 0 atom stereocenters. The number of fused-ring (bicyclic) bond motifs is 1. The molecule has 2 N–H and O–H groups in total. The van der Waals surface area contributed by atoms with Crippen molar-refractivity contribution in [2.45, 2.75) is 45.1 Å². The number of amides is 1. The van der Waals surface area contributed by atoms with E-state index in [1.54, 1.807) is 49.6 Å². The van der Waals surface area contributed by atoms with Gasteiger partial charge in [0.25, 0.3) is 5.91 Å². The molecule has 0 radical (unpaired) electrons. The standard InChI is InChI=1S/C24H26N4O3/c1-2-31-24(30)17-9-11-20(27-18-6-4-3-5-7-18)22(15-17)28-23(29)16-8-10-19-21(14-16)26-13-12-25-19/h8-15,18,27H,2-7H2,1H3,(H,28,29). The second-order valence-electron chi connectivity index (χ2n) is 7.67. The Morgan fingerprint density at radius 2 is 1.68 bits per heavy atom. The maximum Gasteiger partial charge on any atom is 0.338 e. The first-order valence-electron chi connectivity index (χ1n) is 10.7. The van der Waals surface area contributed by atoms with Crippen molar-refractivity contribution in [2.24, 2.45) is 0 Å². The average Bonchev–Trinajstić information content (AvgIpc) is 2.80.